The van der Waals surface area contributed by atoms with E-state index in [2.05, 4.69) is 15.1 Å². The number of phenols is 1. The largest absolute Gasteiger partial charge is 0.508 e. The summed E-state index contributed by atoms with van der Waals surface area (Å²) >= 11 is 0. The molecule has 0 unspecified atom stereocenters. The van der Waals surface area contributed by atoms with Crippen LogP contribution in [0.1, 0.15) is 11.5 Å². The smallest absolute Gasteiger partial charge is 0.231 e. The van der Waals surface area contributed by atoms with Crippen LogP contribution in [0.15, 0.2) is 53.2 Å². The molecule has 0 fully saturated rings. The van der Waals surface area contributed by atoms with Gasteiger partial charge < -0.3 is 9.63 Å². The van der Waals surface area contributed by atoms with Gasteiger partial charge in [-0.1, -0.05) is 29.4 Å². The van der Waals surface area contributed by atoms with Crippen LogP contribution in [0.4, 0.5) is 0 Å². The van der Waals surface area contributed by atoms with E-state index in [4.69, 9.17) is 4.52 Å². The number of pyridine rings is 1. The highest BCUT2D eigenvalue weighted by Gasteiger charge is 2.11. The molecule has 0 amide bonds. The molecule has 0 radical (unpaired) electrons. The molecule has 1 N–H and O–H groups in total. The summed E-state index contributed by atoms with van der Waals surface area (Å²) in [6, 6.07) is 12.6. The highest BCUT2D eigenvalue weighted by Crippen LogP contribution is 2.20. The number of aromatic nitrogens is 3. The van der Waals surface area contributed by atoms with Crippen LogP contribution in [0.25, 0.3) is 11.5 Å². The van der Waals surface area contributed by atoms with E-state index in [1.54, 1.807) is 18.3 Å². The molecule has 0 atom stereocenters. The fraction of sp³-hybridized carbons (Fsp3) is 0.0714. The molecular formula is C14H11N3O2. The lowest BCUT2D eigenvalue weighted by Crippen LogP contribution is -1.89. The van der Waals surface area contributed by atoms with Gasteiger partial charge >= 0.3 is 0 Å². The maximum Gasteiger partial charge on any atom is 0.231 e. The number of benzene rings is 1. The maximum absolute atomic E-state index is 9.69. The predicted octanol–water partition coefficient (Wildman–Crippen LogP) is 2.43. The molecule has 0 aliphatic heterocycles. The quantitative estimate of drug-likeness (QED) is 0.776. The Bertz CT molecular complexity index is 680. The second-order valence-electron chi connectivity index (χ2n) is 4.03. The van der Waals surface area contributed by atoms with Crippen LogP contribution in [0.5, 0.6) is 5.75 Å². The number of aromatic hydroxyl groups is 1. The molecule has 0 saturated heterocycles. The summed E-state index contributed by atoms with van der Waals surface area (Å²) in [4.78, 5) is 8.42. The van der Waals surface area contributed by atoms with Crippen molar-refractivity contribution >= 4 is 0 Å². The SMILES string of the molecule is Oc1ccccc1Cc1nc(-c2ccccn2)no1. The highest BCUT2D eigenvalue weighted by atomic mass is 16.5. The van der Waals surface area contributed by atoms with Gasteiger partial charge in [0, 0.05) is 11.8 Å². The van der Waals surface area contributed by atoms with Crippen LogP contribution < -0.4 is 0 Å². The Kier molecular flexibility index (Phi) is 2.94. The second-order valence-corrected chi connectivity index (χ2v) is 4.03. The zero-order chi connectivity index (χ0) is 13.1. The summed E-state index contributed by atoms with van der Waals surface area (Å²) in [5, 5.41) is 13.6. The van der Waals surface area contributed by atoms with Gasteiger partial charge in [-0.2, -0.15) is 4.98 Å². The van der Waals surface area contributed by atoms with Gasteiger partial charge in [-0.15, -0.1) is 0 Å². The van der Waals surface area contributed by atoms with Crippen molar-refractivity contribution in [3.05, 3.63) is 60.1 Å². The van der Waals surface area contributed by atoms with E-state index in [1.807, 2.05) is 30.3 Å². The highest BCUT2D eigenvalue weighted by molar-refractivity contribution is 5.47. The van der Waals surface area contributed by atoms with E-state index < -0.39 is 0 Å². The van der Waals surface area contributed by atoms with Crippen molar-refractivity contribution in [2.75, 3.05) is 0 Å². The first kappa shape index (κ1) is 11.4. The van der Waals surface area contributed by atoms with Gasteiger partial charge in [0.2, 0.25) is 11.7 Å². The second kappa shape index (κ2) is 4.89. The first-order valence-electron chi connectivity index (χ1n) is 5.84. The molecule has 0 aliphatic carbocycles. The molecule has 19 heavy (non-hydrogen) atoms. The molecule has 2 aromatic heterocycles. The lowest BCUT2D eigenvalue weighted by molar-refractivity contribution is 0.383. The Morgan fingerprint density at radius 1 is 1.05 bits per heavy atom. The predicted molar refractivity (Wildman–Crippen MR) is 68.4 cm³/mol. The van der Waals surface area contributed by atoms with Gasteiger partial charge in [0.25, 0.3) is 0 Å². The number of hydrogen-bond donors (Lipinski definition) is 1. The Balaban J connectivity index is 1.85. The first-order valence-corrected chi connectivity index (χ1v) is 5.84. The van der Waals surface area contributed by atoms with Crippen LogP contribution in [-0.2, 0) is 6.42 Å². The minimum absolute atomic E-state index is 0.222. The zero-order valence-corrected chi connectivity index (χ0v) is 10.0. The summed E-state index contributed by atoms with van der Waals surface area (Å²) < 4.78 is 5.17. The van der Waals surface area contributed by atoms with Gasteiger partial charge in [0.15, 0.2) is 0 Å². The molecule has 0 saturated carbocycles. The standard InChI is InChI=1S/C14H11N3O2/c18-12-7-2-1-5-10(12)9-13-16-14(17-19-13)11-6-3-4-8-15-11/h1-8,18H,9H2. The van der Waals surface area contributed by atoms with Crippen LogP contribution in [0.2, 0.25) is 0 Å². The molecule has 3 aromatic rings. The average molecular weight is 253 g/mol. The number of hydrogen-bond acceptors (Lipinski definition) is 5. The summed E-state index contributed by atoms with van der Waals surface area (Å²) in [6.45, 7) is 0. The summed E-state index contributed by atoms with van der Waals surface area (Å²) in [6.07, 6.45) is 2.07. The van der Waals surface area contributed by atoms with E-state index >= 15 is 0 Å². The molecule has 2 heterocycles. The minimum Gasteiger partial charge on any atom is -0.508 e. The number of rotatable bonds is 3. The van der Waals surface area contributed by atoms with E-state index in [0.717, 1.165) is 5.56 Å². The number of phenolic OH excluding ortho intramolecular Hbond substituents is 1. The van der Waals surface area contributed by atoms with Gasteiger partial charge in [-0.25, -0.2) is 0 Å². The fourth-order valence-corrected chi connectivity index (χ4v) is 1.75. The average Bonchev–Trinajstić information content (AvgIpc) is 2.91. The normalized spacial score (nSPS) is 10.5. The number of nitrogens with zero attached hydrogens (tertiary/aromatic N) is 3. The lowest BCUT2D eigenvalue weighted by Gasteiger charge is -1.99. The van der Waals surface area contributed by atoms with Crippen molar-refractivity contribution in [2.24, 2.45) is 0 Å². The molecular weight excluding hydrogens is 242 g/mol. The monoisotopic (exact) mass is 253 g/mol. The van der Waals surface area contributed by atoms with E-state index in [9.17, 15) is 5.11 Å². The van der Waals surface area contributed by atoms with Gasteiger partial charge in [-0.05, 0) is 18.2 Å². The molecule has 0 bridgehead atoms. The molecule has 5 heteroatoms. The Hall–Kier alpha value is -2.69. The Morgan fingerprint density at radius 3 is 2.68 bits per heavy atom. The van der Waals surface area contributed by atoms with Crippen LogP contribution in [0, 0.1) is 0 Å². The maximum atomic E-state index is 9.69. The van der Waals surface area contributed by atoms with Crippen molar-refractivity contribution in [1.82, 2.24) is 15.1 Å². The lowest BCUT2D eigenvalue weighted by atomic mass is 10.1. The molecule has 3 rings (SSSR count). The van der Waals surface area contributed by atoms with E-state index in [-0.39, 0.29) is 5.75 Å². The van der Waals surface area contributed by atoms with Crippen molar-refractivity contribution < 1.29 is 9.63 Å². The van der Waals surface area contributed by atoms with Crippen molar-refractivity contribution in [1.29, 1.82) is 0 Å². The van der Waals surface area contributed by atoms with Gasteiger partial charge in [0.1, 0.15) is 11.4 Å². The van der Waals surface area contributed by atoms with Crippen molar-refractivity contribution in [3.63, 3.8) is 0 Å². The Labute approximate surface area is 109 Å². The summed E-state index contributed by atoms with van der Waals surface area (Å²) in [5.74, 6) is 1.12. The van der Waals surface area contributed by atoms with E-state index in [0.29, 0.717) is 23.8 Å². The first-order chi connectivity index (χ1) is 9.33. The molecule has 0 aliphatic rings. The summed E-state index contributed by atoms with van der Waals surface area (Å²) in [5.41, 5.74) is 1.41. The third kappa shape index (κ3) is 2.44. The molecule has 1 aromatic carbocycles. The topological polar surface area (TPSA) is 72.0 Å². The summed E-state index contributed by atoms with van der Waals surface area (Å²) in [7, 11) is 0. The molecule has 94 valence electrons. The third-order valence-electron chi connectivity index (χ3n) is 2.70. The van der Waals surface area contributed by atoms with Gasteiger partial charge in [0.05, 0.1) is 6.42 Å². The molecule has 5 nitrogen and oxygen atoms in total. The van der Waals surface area contributed by atoms with Crippen molar-refractivity contribution in [3.8, 4) is 17.3 Å². The molecule has 0 spiro atoms. The van der Waals surface area contributed by atoms with Gasteiger partial charge in [-0.3, -0.25) is 4.98 Å². The minimum atomic E-state index is 0.222. The van der Waals surface area contributed by atoms with Crippen LogP contribution >= 0.6 is 0 Å². The van der Waals surface area contributed by atoms with E-state index in [1.165, 1.54) is 0 Å². The zero-order valence-electron chi connectivity index (χ0n) is 10.0. The van der Waals surface area contributed by atoms with Crippen molar-refractivity contribution in [2.45, 2.75) is 6.42 Å². The third-order valence-corrected chi connectivity index (χ3v) is 2.70. The fourth-order valence-electron chi connectivity index (χ4n) is 1.75. The van der Waals surface area contributed by atoms with Crippen LogP contribution in [0.3, 0.4) is 0 Å². The van der Waals surface area contributed by atoms with Crippen LogP contribution in [-0.4, -0.2) is 20.2 Å². The number of para-hydroxylation sites is 1. The Morgan fingerprint density at radius 2 is 1.89 bits per heavy atom.